The molecule has 0 aliphatic heterocycles. The van der Waals surface area contributed by atoms with Crippen LogP contribution in [-0.4, -0.2) is 29.9 Å². The third-order valence-electron chi connectivity index (χ3n) is 3.73. The molecule has 3 rings (SSSR count). The second-order valence-corrected chi connectivity index (χ2v) is 5.43. The zero-order valence-electron chi connectivity index (χ0n) is 13.2. The fourth-order valence-electron chi connectivity index (χ4n) is 2.53. The number of hydrogen-bond acceptors (Lipinski definition) is 3. The fraction of sp³-hybridized carbons (Fsp3) is 0.158. The van der Waals surface area contributed by atoms with E-state index in [1.807, 2.05) is 42.6 Å². The van der Waals surface area contributed by atoms with Crippen LogP contribution in [0.2, 0.25) is 0 Å². The van der Waals surface area contributed by atoms with Crippen LogP contribution in [0.15, 0.2) is 60.8 Å². The first kappa shape index (κ1) is 15.0. The van der Waals surface area contributed by atoms with E-state index in [0.29, 0.717) is 17.9 Å². The van der Waals surface area contributed by atoms with Gasteiger partial charge in [0, 0.05) is 30.7 Å². The topological polar surface area (TPSA) is 42.4 Å². The Morgan fingerprint density at radius 2 is 1.96 bits per heavy atom. The molecule has 1 aromatic heterocycles. The Kier molecular flexibility index (Phi) is 4.24. The van der Waals surface area contributed by atoms with Crippen LogP contribution in [0.3, 0.4) is 0 Å². The summed E-state index contributed by atoms with van der Waals surface area (Å²) in [5, 5.41) is 1.08. The maximum absolute atomic E-state index is 12.5. The monoisotopic (exact) mass is 306 g/mol. The summed E-state index contributed by atoms with van der Waals surface area (Å²) in [6, 6.07) is 17.2. The summed E-state index contributed by atoms with van der Waals surface area (Å²) in [4.78, 5) is 18.6. The van der Waals surface area contributed by atoms with Crippen molar-refractivity contribution in [1.82, 2.24) is 9.88 Å². The first-order valence-corrected chi connectivity index (χ1v) is 7.40. The maximum atomic E-state index is 12.5. The van der Waals surface area contributed by atoms with Gasteiger partial charge in [0.15, 0.2) is 0 Å². The molecular weight excluding hydrogens is 288 g/mol. The molecule has 0 aliphatic carbocycles. The number of para-hydroxylation sites is 1. The highest BCUT2D eigenvalue weighted by atomic mass is 16.5. The Morgan fingerprint density at radius 1 is 1.13 bits per heavy atom. The summed E-state index contributed by atoms with van der Waals surface area (Å²) >= 11 is 0. The van der Waals surface area contributed by atoms with Crippen LogP contribution in [0.5, 0.6) is 5.75 Å². The van der Waals surface area contributed by atoms with Crippen LogP contribution < -0.4 is 4.74 Å². The zero-order chi connectivity index (χ0) is 16.2. The van der Waals surface area contributed by atoms with Crippen LogP contribution in [0.1, 0.15) is 15.9 Å². The van der Waals surface area contributed by atoms with E-state index in [9.17, 15) is 4.79 Å². The number of pyridine rings is 1. The number of carbonyl (C=O) groups excluding carboxylic acids is 1. The molecule has 0 unspecified atom stereocenters. The van der Waals surface area contributed by atoms with E-state index in [0.717, 1.165) is 16.5 Å². The number of benzene rings is 2. The number of amides is 1. The van der Waals surface area contributed by atoms with E-state index in [2.05, 4.69) is 11.1 Å². The molecule has 0 atom stereocenters. The average Bonchev–Trinajstić information content (AvgIpc) is 2.61. The van der Waals surface area contributed by atoms with Crippen molar-refractivity contribution in [2.75, 3.05) is 14.2 Å². The third kappa shape index (κ3) is 3.31. The molecule has 0 N–H and O–H groups in total. The van der Waals surface area contributed by atoms with Crippen molar-refractivity contribution in [2.45, 2.75) is 6.54 Å². The van der Waals surface area contributed by atoms with Crippen molar-refractivity contribution < 1.29 is 9.53 Å². The smallest absolute Gasteiger partial charge is 0.254 e. The number of nitrogens with zero attached hydrogens (tertiary/aromatic N) is 2. The summed E-state index contributed by atoms with van der Waals surface area (Å²) < 4.78 is 5.17. The standard InChI is InChI=1S/C19H18N2O2/c1-21(19(22)16-7-5-8-17(11-16)23-2)13-14-10-15-6-3-4-9-18(15)20-12-14/h3-12H,13H2,1-2H3. The molecule has 0 aliphatic rings. The molecular formula is C19H18N2O2. The SMILES string of the molecule is COc1cccc(C(=O)N(C)Cc2cnc3ccccc3c2)c1. The maximum Gasteiger partial charge on any atom is 0.254 e. The van der Waals surface area contributed by atoms with Gasteiger partial charge < -0.3 is 9.64 Å². The summed E-state index contributed by atoms with van der Waals surface area (Å²) in [7, 11) is 3.38. The zero-order valence-corrected chi connectivity index (χ0v) is 13.2. The molecule has 23 heavy (non-hydrogen) atoms. The van der Waals surface area contributed by atoms with Crippen molar-refractivity contribution in [1.29, 1.82) is 0 Å². The molecule has 0 saturated carbocycles. The van der Waals surface area contributed by atoms with E-state index >= 15 is 0 Å². The predicted octanol–water partition coefficient (Wildman–Crippen LogP) is 3.52. The highest BCUT2D eigenvalue weighted by molar-refractivity contribution is 5.94. The van der Waals surface area contributed by atoms with Crippen molar-refractivity contribution in [3.63, 3.8) is 0 Å². The Balaban J connectivity index is 1.79. The van der Waals surface area contributed by atoms with Crippen molar-refractivity contribution in [2.24, 2.45) is 0 Å². The van der Waals surface area contributed by atoms with E-state index in [4.69, 9.17) is 4.74 Å². The van der Waals surface area contributed by atoms with Gasteiger partial charge in [-0.2, -0.15) is 0 Å². The quantitative estimate of drug-likeness (QED) is 0.740. The van der Waals surface area contributed by atoms with Gasteiger partial charge in [-0.25, -0.2) is 0 Å². The summed E-state index contributed by atoms with van der Waals surface area (Å²) in [6.07, 6.45) is 1.82. The van der Waals surface area contributed by atoms with Crippen LogP contribution in [0, 0.1) is 0 Å². The van der Waals surface area contributed by atoms with E-state index in [1.54, 1.807) is 31.2 Å². The van der Waals surface area contributed by atoms with Crippen LogP contribution >= 0.6 is 0 Å². The molecule has 0 saturated heterocycles. The highest BCUT2D eigenvalue weighted by Crippen LogP contribution is 2.17. The number of aromatic nitrogens is 1. The van der Waals surface area contributed by atoms with Crippen LogP contribution in [-0.2, 0) is 6.54 Å². The number of hydrogen-bond donors (Lipinski definition) is 0. The first-order chi connectivity index (χ1) is 11.2. The summed E-state index contributed by atoms with van der Waals surface area (Å²) in [6.45, 7) is 0.508. The molecule has 4 heteroatoms. The second kappa shape index (κ2) is 6.48. The Hall–Kier alpha value is -2.88. The number of fused-ring (bicyclic) bond motifs is 1. The molecule has 0 spiro atoms. The van der Waals surface area contributed by atoms with Crippen molar-refractivity contribution in [3.8, 4) is 5.75 Å². The molecule has 116 valence electrons. The van der Waals surface area contributed by atoms with Crippen molar-refractivity contribution >= 4 is 16.8 Å². The number of methoxy groups -OCH3 is 1. The van der Waals surface area contributed by atoms with Gasteiger partial charge in [0.25, 0.3) is 5.91 Å². The molecule has 0 fully saturated rings. The van der Waals surface area contributed by atoms with Crippen LogP contribution in [0.4, 0.5) is 0 Å². The lowest BCUT2D eigenvalue weighted by Gasteiger charge is -2.17. The number of carbonyl (C=O) groups is 1. The minimum Gasteiger partial charge on any atom is -0.497 e. The number of ether oxygens (including phenoxy) is 1. The van der Waals surface area contributed by atoms with Gasteiger partial charge in [-0.1, -0.05) is 24.3 Å². The van der Waals surface area contributed by atoms with Gasteiger partial charge in [-0.3, -0.25) is 9.78 Å². The predicted molar refractivity (Wildman–Crippen MR) is 90.5 cm³/mol. The van der Waals surface area contributed by atoms with Gasteiger partial charge >= 0.3 is 0 Å². The molecule has 3 aromatic rings. The van der Waals surface area contributed by atoms with E-state index in [-0.39, 0.29) is 5.91 Å². The minimum atomic E-state index is -0.0444. The van der Waals surface area contributed by atoms with Gasteiger partial charge in [-0.05, 0) is 35.9 Å². The number of rotatable bonds is 4. The Morgan fingerprint density at radius 3 is 2.78 bits per heavy atom. The van der Waals surface area contributed by atoms with Gasteiger partial charge in [0.2, 0.25) is 0 Å². The second-order valence-electron chi connectivity index (χ2n) is 5.43. The Labute approximate surface area is 135 Å². The fourth-order valence-corrected chi connectivity index (χ4v) is 2.53. The molecule has 2 aromatic carbocycles. The van der Waals surface area contributed by atoms with Crippen LogP contribution in [0.25, 0.3) is 10.9 Å². The van der Waals surface area contributed by atoms with Gasteiger partial charge in [0.1, 0.15) is 5.75 Å². The van der Waals surface area contributed by atoms with E-state index in [1.165, 1.54) is 0 Å². The minimum absolute atomic E-state index is 0.0444. The van der Waals surface area contributed by atoms with Crippen molar-refractivity contribution in [3.05, 3.63) is 71.9 Å². The highest BCUT2D eigenvalue weighted by Gasteiger charge is 2.13. The normalized spacial score (nSPS) is 10.5. The lowest BCUT2D eigenvalue weighted by atomic mass is 10.1. The average molecular weight is 306 g/mol. The molecule has 0 bridgehead atoms. The molecule has 4 nitrogen and oxygen atoms in total. The summed E-state index contributed by atoms with van der Waals surface area (Å²) in [5.41, 5.74) is 2.57. The third-order valence-corrected chi connectivity index (χ3v) is 3.73. The molecule has 1 amide bonds. The van der Waals surface area contributed by atoms with Gasteiger partial charge in [0.05, 0.1) is 12.6 Å². The largest absolute Gasteiger partial charge is 0.497 e. The molecule has 1 heterocycles. The lowest BCUT2D eigenvalue weighted by Crippen LogP contribution is -2.26. The Bertz CT molecular complexity index is 845. The van der Waals surface area contributed by atoms with Gasteiger partial charge in [-0.15, -0.1) is 0 Å². The first-order valence-electron chi connectivity index (χ1n) is 7.40. The van der Waals surface area contributed by atoms with E-state index < -0.39 is 0 Å². The molecule has 0 radical (unpaired) electrons. The lowest BCUT2D eigenvalue weighted by molar-refractivity contribution is 0.0784. The summed E-state index contributed by atoms with van der Waals surface area (Å²) in [5.74, 6) is 0.633.